The topological polar surface area (TPSA) is 78.1 Å². The van der Waals surface area contributed by atoms with E-state index in [4.69, 9.17) is 0 Å². The summed E-state index contributed by atoms with van der Waals surface area (Å²) in [7, 11) is 1.94. The van der Waals surface area contributed by atoms with Crippen LogP contribution in [0.4, 0.5) is 4.39 Å². The van der Waals surface area contributed by atoms with Crippen molar-refractivity contribution in [2.24, 2.45) is 11.8 Å². The fourth-order valence-electron chi connectivity index (χ4n) is 4.46. The van der Waals surface area contributed by atoms with Crippen LogP contribution >= 0.6 is 0 Å². The summed E-state index contributed by atoms with van der Waals surface area (Å²) in [6.07, 6.45) is 1.29. The fourth-order valence-corrected chi connectivity index (χ4v) is 4.46. The molecule has 1 saturated heterocycles. The number of aromatic nitrogens is 2. The number of piperidine rings is 1. The third-order valence-corrected chi connectivity index (χ3v) is 6.24. The van der Waals surface area contributed by atoms with Gasteiger partial charge >= 0.3 is 0 Å². The predicted octanol–water partition coefficient (Wildman–Crippen LogP) is 2.97. The molecule has 2 aromatic carbocycles. The highest BCUT2D eigenvalue weighted by molar-refractivity contribution is 5.95. The van der Waals surface area contributed by atoms with E-state index in [9.17, 15) is 14.0 Å². The van der Waals surface area contributed by atoms with Crippen molar-refractivity contribution in [1.29, 1.82) is 0 Å². The molecule has 2 atom stereocenters. The minimum atomic E-state index is -0.516. The predicted molar refractivity (Wildman–Crippen MR) is 119 cm³/mol. The highest BCUT2D eigenvalue weighted by Crippen LogP contribution is 2.25. The Labute approximate surface area is 180 Å². The molecule has 1 amide bonds. The first-order chi connectivity index (χ1) is 15.0. The Morgan fingerprint density at radius 1 is 1.26 bits per heavy atom. The van der Waals surface area contributed by atoms with Gasteiger partial charge in [-0.15, -0.1) is 0 Å². The molecular weight excluding hydrogens is 395 g/mol. The Kier molecular flexibility index (Phi) is 6.13. The van der Waals surface area contributed by atoms with Crippen molar-refractivity contribution in [3.63, 3.8) is 0 Å². The Morgan fingerprint density at radius 3 is 2.77 bits per heavy atom. The molecule has 0 radical (unpaired) electrons. The summed E-state index contributed by atoms with van der Waals surface area (Å²) in [5.41, 5.74) is 1.30. The number of nitrogens with zero attached hydrogens (tertiary/aromatic N) is 2. The van der Waals surface area contributed by atoms with E-state index in [0.29, 0.717) is 42.4 Å². The van der Waals surface area contributed by atoms with E-state index < -0.39 is 5.82 Å². The van der Waals surface area contributed by atoms with Gasteiger partial charge in [-0.2, -0.15) is 5.10 Å². The maximum atomic E-state index is 14.6. The number of rotatable bonds is 5. The average molecular weight is 423 g/mol. The molecule has 2 unspecified atom stereocenters. The van der Waals surface area contributed by atoms with Crippen LogP contribution in [0.2, 0.25) is 0 Å². The Hall–Kier alpha value is -3.06. The van der Waals surface area contributed by atoms with Crippen molar-refractivity contribution in [1.82, 2.24) is 20.4 Å². The minimum absolute atomic E-state index is 0.0884. The summed E-state index contributed by atoms with van der Waals surface area (Å²) < 4.78 is 14.6. The van der Waals surface area contributed by atoms with E-state index in [0.717, 1.165) is 23.9 Å². The fraction of sp³-hybridized carbons (Fsp3) is 0.375. The minimum Gasteiger partial charge on any atom is -0.338 e. The zero-order valence-electron chi connectivity index (χ0n) is 17.8. The lowest BCUT2D eigenvalue weighted by molar-refractivity contribution is 0.0609. The van der Waals surface area contributed by atoms with Crippen molar-refractivity contribution in [3.05, 3.63) is 75.5 Å². The first kappa shape index (κ1) is 21.2. The van der Waals surface area contributed by atoms with Crippen LogP contribution in [-0.4, -0.2) is 47.7 Å². The molecule has 1 aliphatic heterocycles. The number of likely N-dealkylation sites (tertiary alicyclic amines) is 1. The molecule has 7 heteroatoms. The number of halogens is 1. The van der Waals surface area contributed by atoms with Crippen LogP contribution < -0.4 is 10.9 Å². The molecule has 1 fully saturated rings. The molecule has 2 N–H and O–H groups in total. The molecule has 0 bridgehead atoms. The lowest BCUT2D eigenvalue weighted by Gasteiger charge is -2.37. The summed E-state index contributed by atoms with van der Waals surface area (Å²) in [5.74, 6) is 0.0874. The van der Waals surface area contributed by atoms with Crippen LogP contribution in [-0.2, 0) is 6.42 Å². The van der Waals surface area contributed by atoms with E-state index in [1.54, 1.807) is 29.2 Å². The van der Waals surface area contributed by atoms with Gasteiger partial charge in [0.1, 0.15) is 5.82 Å². The van der Waals surface area contributed by atoms with Crippen molar-refractivity contribution in [2.45, 2.75) is 19.8 Å². The van der Waals surface area contributed by atoms with E-state index in [1.165, 1.54) is 6.07 Å². The van der Waals surface area contributed by atoms with Crippen molar-refractivity contribution >= 4 is 16.7 Å². The number of carbonyl (C=O) groups is 1. The van der Waals surface area contributed by atoms with Gasteiger partial charge in [-0.3, -0.25) is 9.59 Å². The van der Waals surface area contributed by atoms with Crippen molar-refractivity contribution < 1.29 is 9.18 Å². The molecule has 162 valence electrons. The van der Waals surface area contributed by atoms with Crippen LogP contribution in [0.1, 0.15) is 35.0 Å². The SMILES string of the molecule is CNCC1CCN(C(=O)c2cc(Cc3n[nH]c(=O)c4ccccc34)ccc2F)CC1C. The highest BCUT2D eigenvalue weighted by atomic mass is 19.1. The van der Waals surface area contributed by atoms with Crippen LogP contribution in [0.3, 0.4) is 0 Å². The molecule has 0 spiro atoms. The third kappa shape index (κ3) is 4.37. The van der Waals surface area contributed by atoms with Gasteiger partial charge in [0.25, 0.3) is 11.5 Å². The Bertz CT molecular complexity index is 1160. The molecule has 1 aromatic heterocycles. The average Bonchev–Trinajstić information content (AvgIpc) is 2.78. The first-order valence-corrected chi connectivity index (χ1v) is 10.7. The van der Waals surface area contributed by atoms with Gasteiger partial charge < -0.3 is 10.2 Å². The number of H-pyrrole nitrogens is 1. The largest absolute Gasteiger partial charge is 0.338 e. The number of hydrogen-bond donors (Lipinski definition) is 2. The third-order valence-electron chi connectivity index (χ3n) is 6.24. The van der Waals surface area contributed by atoms with Crippen molar-refractivity contribution in [3.8, 4) is 0 Å². The van der Waals surface area contributed by atoms with Gasteiger partial charge in [0.2, 0.25) is 0 Å². The summed E-state index contributed by atoms with van der Waals surface area (Å²) in [4.78, 5) is 26.9. The zero-order chi connectivity index (χ0) is 22.0. The normalized spacial score (nSPS) is 19.0. The number of amides is 1. The van der Waals surface area contributed by atoms with Gasteiger partial charge in [0.05, 0.1) is 16.6 Å². The number of aromatic amines is 1. The number of benzene rings is 2. The van der Waals surface area contributed by atoms with Crippen molar-refractivity contribution in [2.75, 3.05) is 26.7 Å². The first-order valence-electron chi connectivity index (χ1n) is 10.7. The summed E-state index contributed by atoms with van der Waals surface area (Å²) >= 11 is 0. The van der Waals surface area contributed by atoms with E-state index >= 15 is 0 Å². The molecule has 2 heterocycles. The standard InChI is InChI=1S/C24H27FN4O2/c1-15-14-29(10-9-17(15)13-26-2)24(31)20-11-16(7-8-21(20)25)12-22-18-5-3-4-6-19(18)23(30)28-27-22/h3-8,11,15,17,26H,9-10,12-14H2,1-2H3,(H,28,30). The molecule has 1 aliphatic rings. The Morgan fingerprint density at radius 2 is 2.03 bits per heavy atom. The maximum Gasteiger partial charge on any atom is 0.272 e. The smallest absolute Gasteiger partial charge is 0.272 e. The van der Waals surface area contributed by atoms with Gasteiger partial charge in [0, 0.05) is 24.9 Å². The molecule has 0 aliphatic carbocycles. The van der Waals surface area contributed by atoms with E-state index in [1.807, 2.05) is 19.2 Å². The summed E-state index contributed by atoms with van der Waals surface area (Å²) in [6, 6.07) is 11.9. The maximum absolute atomic E-state index is 14.6. The van der Waals surface area contributed by atoms with Gasteiger partial charge in [0.15, 0.2) is 0 Å². The number of carbonyl (C=O) groups excluding carboxylic acids is 1. The number of hydrogen-bond acceptors (Lipinski definition) is 4. The summed E-state index contributed by atoms with van der Waals surface area (Å²) in [5, 5.41) is 11.2. The van der Waals surface area contributed by atoms with Crippen LogP contribution in [0.15, 0.2) is 47.3 Å². The van der Waals surface area contributed by atoms with E-state index in [2.05, 4.69) is 22.4 Å². The number of fused-ring (bicyclic) bond motifs is 1. The molecular formula is C24H27FN4O2. The van der Waals surface area contributed by atoms with Crippen LogP contribution in [0, 0.1) is 17.7 Å². The second kappa shape index (κ2) is 8.98. The lowest BCUT2D eigenvalue weighted by Crippen LogP contribution is -2.45. The van der Waals surface area contributed by atoms with Gasteiger partial charge in [-0.25, -0.2) is 9.49 Å². The monoisotopic (exact) mass is 422 g/mol. The van der Waals surface area contributed by atoms with E-state index in [-0.39, 0.29) is 17.0 Å². The lowest BCUT2D eigenvalue weighted by atomic mass is 9.86. The second-order valence-electron chi connectivity index (χ2n) is 8.37. The quantitative estimate of drug-likeness (QED) is 0.663. The van der Waals surface area contributed by atoms with Crippen LogP contribution in [0.5, 0.6) is 0 Å². The van der Waals surface area contributed by atoms with Gasteiger partial charge in [-0.05, 0) is 55.6 Å². The van der Waals surface area contributed by atoms with Crippen LogP contribution in [0.25, 0.3) is 10.8 Å². The number of nitrogens with one attached hydrogen (secondary N) is 2. The zero-order valence-corrected chi connectivity index (χ0v) is 17.8. The molecule has 3 aromatic rings. The molecule has 31 heavy (non-hydrogen) atoms. The molecule has 4 rings (SSSR count). The molecule has 0 saturated carbocycles. The summed E-state index contributed by atoms with van der Waals surface area (Å²) in [6.45, 7) is 4.32. The highest BCUT2D eigenvalue weighted by Gasteiger charge is 2.29. The molecule has 6 nitrogen and oxygen atoms in total. The second-order valence-corrected chi connectivity index (χ2v) is 8.37. The van der Waals surface area contributed by atoms with Gasteiger partial charge in [-0.1, -0.05) is 31.2 Å². The Balaban J connectivity index is 1.58.